The molecule has 0 unspecified atom stereocenters. The Balaban J connectivity index is 1.66. The molecular weight excluding hydrogens is 306 g/mol. The third-order valence-corrected chi connectivity index (χ3v) is 4.04. The molecule has 1 aromatic heterocycles. The predicted molar refractivity (Wildman–Crippen MR) is 75.4 cm³/mol. The number of nitrogens with zero attached hydrogens (tertiary/aromatic N) is 5. The molecule has 1 aliphatic carbocycles. The van der Waals surface area contributed by atoms with Crippen LogP contribution >= 0.6 is 15.9 Å². The van der Waals surface area contributed by atoms with Crippen molar-refractivity contribution in [3.8, 4) is 0 Å². The first-order valence-corrected chi connectivity index (χ1v) is 7.22. The number of rotatable bonds is 5. The van der Waals surface area contributed by atoms with E-state index in [9.17, 15) is 0 Å². The van der Waals surface area contributed by atoms with Crippen molar-refractivity contribution in [2.24, 2.45) is 0 Å². The smallest absolute Gasteiger partial charge is 0.165 e. The van der Waals surface area contributed by atoms with Gasteiger partial charge in [0.25, 0.3) is 0 Å². The second kappa shape index (κ2) is 5.38. The molecule has 0 bridgehead atoms. The maximum absolute atomic E-state index is 4.13. The molecule has 1 heterocycles. The lowest BCUT2D eigenvalue weighted by Gasteiger charge is -2.16. The van der Waals surface area contributed by atoms with Gasteiger partial charge in [0, 0.05) is 11.0 Å². The SMILES string of the molecule is CN(Cc1ccccc1Br)Cc1nnnn1C1CC1. The Bertz CT molecular complexity index is 564. The molecule has 2 aromatic rings. The van der Waals surface area contributed by atoms with Crippen molar-refractivity contribution >= 4 is 15.9 Å². The molecule has 3 rings (SSSR count). The molecule has 0 amide bonds. The molecule has 0 saturated heterocycles. The maximum atomic E-state index is 4.13. The van der Waals surface area contributed by atoms with Gasteiger partial charge < -0.3 is 0 Å². The molecule has 1 aromatic carbocycles. The summed E-state index contributed by atoms with van der Waals surface area (Å²) in [5, 5.41) is 12.0. The van der Waals surface area contributed by atoms with Gasteiger partial charge in [-0.25, -0.2) is 4.68 Å². The highest BCUT2D eigenvalue weighted by molar-refractivity contribution is 9.10. The van der Waals surface area contributed by atoms with Gasteiger partial charge in [0.1, 0.15) is 0 Å². The van der Waals surface area contributed by atoms with Gasteiger partial charge in [-0.05, 0) is 41.9 Å². The summed E-state index contributed by atoms with van der Waals surface area (Å²) in [6.07, 6.45) is 2.40. The number of hydrogen-bond acceptors (Lipinski definition) is 4. The third kappa shape index (κ3) is 3.01. The fourth-order valence-corrected chi connectivity index (χ4v) is 2.54. The zero-order valence-electron chi connectivity index (χ0n) is 10.8. The standard InChI is InChI=1S/C13H16BrN5/c1-18(8-10-4-2-3-5-12(10)14)9-13-15-16-17-19(13)11-6-7-11/h2-5,11H,6-9H2,1H3. The number of tetrazole rings is 1. The molecular formula is C13H16BrN5. The van der Waals surface area contributed by atoms with E-state index in [1.165, 1.54) is 18.4 Å². The highest BCUT2D eigenvalue weighted by Gasteiger charge is 2.27. The minimum atomic E-state index is 0.530. The molecule has 100 valence electrons. The fraction of sp³-hybridized carbons (Fsp3) is 0.462. The van der Waals surface area contributed by atoms with Crippen LogP contribution in [0.3, 0.4) is 0 Å². The lowest BCUT2D eigenvalue weighted by molar-refractivity contribution is 0.302. The van der Waals surface area contributed by atoms with Crippen LogP contribution in [-0.2, 0) is 13.1 Å². The zero-order valence-corrected chi connectivity index (χ0v) is 12.4. The molecule has 0 aliphatic heterocycles. The lowest BCUT2D eigenvalue weighted by atomic mass is 10.2. The monoisotopic (exact) mass is 321 g/mol. The number of hydrogen-bond donors (Lipinski definition) is 0. The van der Waals surface area contributed by atoms with E-state index in [0.29, 0.717) is 6.04 Å². The van der Waals surface area contributed by atoms with Crippen LogP contribution in [0.4, 0.5) is 0 Å². The van der Waals surface area contributed by atoms with Gasteiger partial charge in [0.05, 0.1) is 12.6 Å². The van der Waals surface area contributed by atoms with E-state index in [2.05, 4.69) is 61.6 Å². The molecule has 1 saturated carbocycles. The first-order valence-electron chi connectivity index (χ1n) is 6.43. The third-order valence-electron chi connectivity index (χ3n) is 3.26. The van der Waals surface area contributed by atoms with Crippen molar-refractivity contribution in [3.63, 3.8) is 0 Å². The minimum Gasteiger partial charge on any atom is -0.295 e. The van der Waals surface area contributed by atoms with E-state index in [1.807, 2.05) is 10.7 Å². The summed E-state index contributed by atoms with van der Waals surface area (Å²) < 4.78 is 3.11. The second-order valence-corrected chi connectivity index (χ2v) is 5.89. The maximum Gasteiger partial charge on any atom is 0.165 e. The summed E-state index contributed by atoms with van der Waals surface area (Å²) in [5.74, 6) is 0.956. The van der Waals surface area contributed by atoms with Crippen LogP contribution in [0.5, 0.6) is 0 Å². The van der Waals surface area contributed by atoms with Crippen LogP contribution in [0, 0.1) is 0 Å². The highest BCUT2D eigenvalue weighted by atomic mass is 79.9. The van der Waals surface area contributed by atoms with Crippen LogP contribution in [0.25, 0.3) is 0 Å². The van der Waals surface area contributed by atoms with Crippen molar-refractivity contribution in [2.75, 3.05) is 7.05 Å². The van der Waals surface area contributed by atoms with Gasteiger partial charge >= 0.3 is 0 Å². The van der Waals surface area contributed by atoms with Crippen LogP contribution in [0.2, 0.25) is 0 Å². The molecule has 0 atom stereocenters. The number of halogens is 1. The number of benzene rings is 1. The van der Waals surface area contributed by atoms with Crippen LogP contribution < -0.4 is 0 Å². The summed E-state index contributed by atoms with van der Waals surface area (Å²) in [4.78, 5) is 2.23. The van der Waals surface area contributed by atoms with Gasteiger partial charge in [0.2, 0.25) is 0 Å². The summed E-state index contributed by atoms with van der Waals surface area (Å²) >= 11 is 3.58. The van der Waals surface area contributed by atoms with E-state index < -0.39 is 0 Å². The van der Waals surface area contributed by atoms with Gasteiger partial charge in [-0.15, -0.1) is 5.10 Å². The van der Waals surface area contributed by atoms with Gasteiger partial charge in [-0.1, -0.05) is 34.1 Å². The number of aromatic nitrogens is 4. The Morgan fingerprint density at radius 2 is 2.11 bits per heavy atom. The first kappa shape index (κ1) is 12.7. The highest BCUT2D eigenvalue weighted by Crippen LogP contribution is 2.34. The lowest BCUT2D eigenvalue weighted by Crippen LogP contribution is -2.20. The fourth-order valence-electron chi connectivity index (χ4n) is 2.13. The quantitative estimate of drug-likeness (QED) is 0.848. The topological polar surface area (TPSA) is 46.8 Å². The molecule has 0 N–H and O–H groups in total. The Morgan fingerprint density at radius 1 is 1.32 bits per heavy atom. The average molecular weight is 322 g/mol. The molecule has 6 heteroatoms. The summed E-state index contributed by atoms with van der Waals surface area (Å²) in [5.41, 5.74) is 1.27. The van der Waals surface area contributed by atoms with Gasteiger partial charge in [-0.3, -0.25) is 4.90 Å². The summed E-state index contributed by atoms with van der Waals surface area (Å²) in [6, 6.07) is 8.81. The Morgan fingerprint density at radius 3 is 2.84 bits per heavy atom. The Hall–Kier alpha value is -1.27. The second-order valence-electron chi connectivity index (χ2n) is 5.03. The van der Waals surface area contributed by atoms with Gasteiger partial charge in [-0.2, -0.15) is 0 Å². The van der Waals surface area contributed by atoms with Crippen molar-refractivity contribution in [1.29, 1.82) is 0 Å². The van der Waals surface area contributed by atoms with Crippen molar-refractivity contribution in [3.05, 3.63) is 40.1 Å². The minimum absolute atomic E-state index is 0.530. The van der Waals surface area contributed by atoms with Crippen LogP contribution in [0.1, 0.15) is 30.3 Å². The van der Waals surface area contributed by atoms with E-state index >= 15 is 0 Å². The van der Waals surface area contributed by atoms with Crippen LogP contribution in [-0.4, -0.2) is 32.2 Å². The molecule has 1 aliphatic rings. The van der Waals surface area contributed by atoms with E-state index in [1.54, 1.807) is 0 Å². The van der Waals surface area contributed by atoms with Crippen molar-refractivity contribution < 1.29 is 0 Å². The van der Waals surface area contributed by atoms with Crippen molar-refractivity contribution in [2.45, 2.75) is 32.0 Å². The summed E-state index contributed by atoms with van der Waals surface area (Å²) in [7, 11) is 2.09. The Kier molecular flexibility index (Phi) is 3.61. The molecule has 0 radical (unpaired) electrons. The normalized spacial score (nSPS) is 15.1. The molecule has 19 heavy (non-hydrogen) atoms. The van der Waals surface area contributed by atoms with Crippen molar-refractivity contribution in [1.82, 2.24) is 25.1 Å². The molecule has 0 spiro atoms. The predicted octanol–water partition coefficient (Wildman–Crippen LogP) is 2.40. The van der Waals surface area contributed by atoms with E-state index in [4.69, 9.17) is 0 Å². The van der Waals surface area contributed by atoms with Crippen LogP contribution in [0.15, 0.2) is 28.7 Å². The molecule has 1 fully saturated rings. The largest absolute Gasteiger partial charge is 0.295 e. The zero-order chi connectivity index (χ0) is 13.2. The average Bonchev–Trinajstić information content (AvgIpc) is 3.13. The van der Waals surface area contributed by atoms with Gasteiger partial charge in [0.15, 0.2) is 5.82 Å². The molecule has 5 nitrogen and oxygen atoms in total. The summed E-state index contributed by atoms with van der Waals surface area (Å²) in [6.45, 7) is 1.64. The van der Waals surface area contributed by atoms with E-state index in [0.717, 1.165) is 23.4 Å². The van der Waals surface area contributed by atoms with E-state index in [-0.39, 0.29) is 0 Å². The first-order chi connectivity index (χ1) is 9.24. The Labute approximate surface area is 120 Å².